The Kier molecular flexibility index (Phi) is 5.34. The summed E-state index contributed by atoms with van der Waals surface area (Å²) in [5.74, 6) is 0. The fourth-order valence-electron chi connectivity index (χ4n) is 2.96. The molecular weight excluding hydrogens is 310 g/mol. The highest BCUT2D eigenvalue weighted by Crippen LogP contribution is 2.22. The van der Waals surface area contributed by atoms with E-state index in [0.29, 0.717) is 17.6 Å². The van der Waals surface area contributed by atoms with Crippen molar-refractivity contribution in [1.82, 2.24) is 0 Å². The van der Waals surface area contributed by atoms with Crippen LogP contribution in [-0.2, 0) is 6.42 Å². The molecule has 0 fully saturated rings. The van der Waals surface area contributed by atoms with Crippen molar-refractivity contribution in [3.63, 3.8) is 0 Å². The van der Waals surface area contributed by atoms with Crippen LogP contribution >= 0.6 is 0 Å². The highest BCUT2D eigenvalue weighted by Gasteiger charge is 2.07. The van der Waals surface area contributed by atoms with Crippen molar-refractivity contribution in [2.45, 2.75) is 20.3 Å². The minimum absolute atomic E-state index is 0.262. The van der Waals surface area contributed by atoms with Gasteiger partial charge in [-0.1, -0.05) is 42.5 Å². The first-order chi connectivity index (χ1) is 12.2. The van der Waals surface area contributed by atoms with Crippen LogP contribution in [-0.4, -0.2) is 13.1 Å². The Bertz CT molecular complexity index is 922. The van der Waals surface area contributed by atoms with E-state index in [1.54, 1.807) is 0 Å². The van der Waals surface area contributed by atoms with Gasteiger partial charge in [-0.3, -0.25) is 0 Å². The molecule has 3 rings (SSSR count). The zero-order valence-electron chi connectivity index (χ0n) is 14.7. The number of hydrogen-bond acceptors (Lipinski definition) is 3. The molecule has 0 saturated carbocycles. The van der Waals surface area contributed by atoms with E-state index < -0.39 is 0 Å². The van der Waals surface area contributed by atoms with Gasteiger partial charge in [0.25, 0.3) is 0 Å². The zero-order valence-corrected chi connectivity index (χ0v) is 14.7. The number of allylic oxidation sites excluding steroid dienone is 1. The van der Waals surface area contributed by atoms with Gasteiger partial charge in [0.15, 0.2) is 0 Å². The number of benzene rings is 2. The van der Waals surface area contributed by atoms with Crippen molar-refractivity contribution in [3.8, 4) is 0 Å². The van der Waals surface area contributed by atoms with Crippen LogP contribution in [0.25, 0.3) is 17.0 Å². The molecule has 3 aromatic rings. The smallest absolute Gasteiger partial charge is 0.339 e. The number of hydrogen-bond donors (Lipinski definition) is 0. The van der Waals surface area contributed by atoms with E-state index in [2.05, 4.69) is 24.8 Å². The molecule has 0 radical (unpaired) electrons. The lowest BCUT2D eigenvalue weighted by Crippen LogP contribution is -2.21. The second-order valence-electron chi connectivity index (χ2n) is 5.97. The van der Waals surface area contributed by atoms with Gasteiger partial charge >= 0.3 is 5.63 Å². The van der Waals surface area contributed by atoms with E-state index in [-0.39, 0.29) is 5.63 Å². The normalized spacial score (nSPS) is 11.3. The third-order valence-corrected chi connectivity index (χ3v) is 4.37. The van der Waals surface area contributed by atoms with Crippen LogP contribution in [0.15, 0.2) is 69.9 Å². The van der Waals surface area contributed by atoms with Crippen molar-refractivity contribution in [2.75, 3.05) is 18.0 Å². The first kappa shape index (κ1) is 17.0. The molecule has 0 saturated heterocycles. The van der Waals surface area contributed by atoms with Gasteiger partial charge in [0.1, 0.15) is 5.58 Å². The van der Waals surface area contributed by atoms with Gasteiger partial charge in [0, 0.05) is 35.8 Å². The van der Waals surface area contributed by atoms with Crippen LogP contribution in [0.4, 0.5) is 5.69 Å². The maximum atomic E-state index is 12.3. The molecule has 0 aliphatic rings. The molecule has 0 amide bonds. The van der Waals surface area contributed by atoms with E-state index >= 15 is 0 Å². The Morgan fingerprint density at radius 3 is 2.48 bits per heavy atom. The fraction of sp³-hybridized carbons (Fsp3) is 0.227. The van der Waals surface area contributed by atoms with Crippen LogP contribution in [0.3, 0.4) is 0 Å². The number of rotatable bonds is 6. The van der Waals surface area contributed by atoms with Gasteiger partial charge in [-0.25, -0.2) is 4.79 Å². The number of nitrogens with zero attached hydrogens (tertiary/aromatic N) is 1. The van der Waals surface area contributed by atoms with E-state index in [1.165, 1.54) is 0 Å². The molecular formula is C22H23NO2. The van der Waals surface area contributed by atoms with Crippen molar-refractivity contribution in [2.24, 2.45) is 0 Å². The minimum atomic E-state index is -0.262. The Balaban J connectivity index is 1.85. The molecule has 0 atom stereocenters. The van der Waals surface area contributed by atoms with E-state index in [9.17, 15) is 4.79 Å². The standard InChI is InChI=1S/C22H23NO2/c1-3-23(4-2)20-14-13-18-15-19(22(24)25-21(18)16-20)12-8-11-17-9-6-5-7-10-17/h5-11,13-16H,3-4,12H2,1-2H3/b11-8+. The molecule has 0 spiro atoms. The lowest BCUT2D eigenvalue weighted by atomic mass is 10.1. The maximum Gasteiger partial charge on any atom is 0.339 e. The third kappa shape index (κ3) is 4.00. The highest BCUT2D eigenvalue weighted by molar-refractivity contribution is 5.81. The van der Waals surface area contributed by atoms with Gasteiger partial charge in [-0.05, 0) is 44.0 Å². The Morgan fingerprint density at radius 2 is 1.76 bits per heavy atom. The van der Waals surface area contributed by atoms with Gasteiger partial charge in [0.2, 0.25) is 0 Å². The minimum Gasteiger partial charge on any atom is -0.422 e. The average Bonchev–Trinajstić information content (AvgIpc) is 2.64. The second kappa shape index (κ2) is 7.84. The predicted octanol–water partition coefficient (Wildman–Crippen LogP) is 4.90. The van der Waals surface area contributed by atoms with Crippen LogP contribution in [0.1, 0.15) is 25.0 Å². The molecule has 1 aromatic heterocycles. The Morgan fingerprint density at radius 1 is 1.00 bits per heavy atom. The molecule has 0 unspecified atom stereocenters. The molecule has 0 N–H and O–H groups in total. The lowest BCUT2D eigenvalue weighted by Gasteiger charge is -2.20. The van der Waals surface area contributed by atoms with Crippen LogP contribution in [0.2, 0.25) is 0 Å². The van der Waals surface area contributed by atoms with Gasteiger partial charge in [-0.2, -0.15) is 0 Å². The number of fused-ring (bicyclic) bond motifs is 1. The Labute approximate surface area is 148 Å². The summed E-state index contributed by atoms with van der Waals surface area (Å²) >= 11 is 0. The lowest BCUT2D eigenvalue weighted by molar-refractivity contribution is 0.553. The van der Waals surface area contributed by atoms with Crippen molar-refractivity contribution >= 4 is 22.7 Å². The van der Waals surface area contributed by atoms with Gasteiger partial charge in [-0.15, -0.1) is 0 Å². The molecule has 128 valence electrons. The summed E-state index contributed by atoms with van der Waals surface area (Å²) in [6, 6.07) is 18.0. The summed E-state index contributed by atoms with van der Waals surface area (Å²) in [5.41, 5.74) is 3.26. The summed E-state index contributed by atoms with van der Waals surface area (Å²) < 4.78 is 5.56. The van der Waals surface area contributed by atoms with Gasteiger partial charge in [0.05, 0.1) is 0 Å². The van der Waals surface area contributed by atoms with E-state index in [1.807, 2.05) is 60.7 Å². The molecule has 1 heterocycles. The topological polar surface area (TPSA) is 33.5 Å². The first-order valence-electron chi connectivity index (χ1n) is 8.74. The van der Waals surface area contributed by atoms with Crippen molar-refractivity contribution in [1.29, 1.82) is 0 Å². The van der Waals surface area contributed by atoms with E-state index in [0.717, 1.165) is 29.7 Å². The number of anilines is 1. The summed E-state index contributed by atoms with van der Waals surface area (Å²) in [5, 5.41) is 0.957. The van der Waals surface area contributed by atoms with Gasteiger partial charge < -0.3 is 9.32 Å². The van der Waals surface area contributed by atoms with Crippen LogP contribution in [0, 0.1) is 0 Å². The highest BCUT2D eigenvalue weighted by atomic mass is 16.4. The molecule has 0 aliphatic heterocycles. The molecule has 3 nitrogen and oxygen atoms in total. The molecule has 0 aliphatic carbocycles. The van der Waals surface area contributed by atoms with Crippen molar-refractivity contribution in [3.05, 3.63) is 82.2 Å². The SMILES string of the molecule is CCN(CC)c1ccc2cc(C/C=C/c3ccccc3)c(=O)oc2c1. The first-order valence-corrected chi connectivity index (χ1v) is 8.74. The summed E-state index contributed by atoms with van der Waals surface area (Å²) in [6.07, 6.45) is 4.58. The fourth-order valence-corrected chi connectivity index (χ4v) is 2.96. The maximum absolute atomic E-state index is 12.3. The van der Waals surface area contributed by atoms with Crippen LogP contribution in [0.5, 0.6) is 0 Å². The monoisotopic (exact) mass is 333 g/mol. The van der Waals surface area contributed by atoms with Crippen LogP contribution < -0.4 is 10.5 Å². The molecule has 2 aromatic carbocycles. The third-order valence-electron chi connectivity index (χ3n) is 4.37. The summed E-state index contributed by atoms with van der Waals surface area (Å²) in [4.78, 5) is 14.5. The predicted molar refractivity (Wildman–Crippen MR) is 105 cm³/mol. The molecule has 25 heavy (non-hydrogen) atoms. The molecule has 0 bridgehead atoms. The quantitative estimate of drug-likeness (QED) is 0.602. The van der Waals surface area contributed by atoms with Crippen molar-refractivity contribution < 1.29 is 4.42 Å². The molecule has 3 heteroatoms. The summed E-state index contributed by atoms with van der Waals surface area (Å²) in [6.45, 7) is 6.08. The Hall–Kier alpha value is -2.81. The largest absolute Gasteiger partial charge is 0.422 e. The summed E-state index contributed by atoms with van der Waals surface area (Å²) in [7, 11) is 0. The average molecular weight is 333 g/mol. The zero-order chi connectivity index (χ0) is 17.6. The second-order valence-corrected chi connectivity index (χ2v) is 5.97. The van der Waals surface area contributed by atoms with E-state index in [4.69, 9.17) is 4.42 Å².